The molecule has 0 saturated heterocycles. The first kappa shape index (κ1) is 28.4. The van der Waals surface area contributed by atoms with Crippen LogP contribution in [0.15, 0.2) is 185 Å². The molecule has 1 aromatic heterocycles. The number of furan rings is 1. The predicted octanol–water partition coefficient (Wildman–Crippen LogP) is 12.3. The maximum Gasteiger partial charge on any atom is 0.208 e. The summed E-state index contributed by atoms with van der Waals surface area (Å²) in [5.74, 6) is 0.764. The number of hydrogen-bond acceptors (Lipinski definition) is 4. The predicted molar refractivity (Wildman–Crippen MR) is 209 cm³/mol. The molecular weight excluding hydrogens is 611 g/mol. The number of aliphatic imine (C=N–C) groups is 1. The van der Waals surface area contributed by atoms with Crippen molar-refractivity contribution in [2.24, 2.45) is 4.99 Å². The van der Waals surface area contributed by atoms with Gasteiger partial charge in [-0.05, 0) is 87.3 Å². The second-order valence-electron chi connectivity index (χ2n) is 12.9. The number of rotatable bonds is 4. The fourth-order valence-corrected chi connectivity index (χ4v) is 7.42. The Bertz CT molecular complexity index is 2750. The zero-order chi connectivity index (χ0) is 33.0. The minimum atomic E-state index is -0.272. The van der Waals surface area contributed by atoms with Gasteiger partial charge in [0.25, 0.3) is 0 Å². The van der Waals surface area contributed by atoms with Crippen molar-refractivity contribution in [2.75, 3.05) is 10.2 Å². The molecule has 1 unspecified atom stereocenters. The SMILES string of the molecule is c1ccc(-c2cc(C3N=C(N(c4ccccc4)c4ccc5ccccc5c4)Nc4ccccc43)cc3c2oc2cc4ccccc4cc23)cc1. The van der Waals surface area contributed by atoms with Gasteiger partial charge in [-0.15, -0.1) is 0 Å². The monoisotopic (exact) mass is 641 g/mol. The fraction of sp³-hybridized carbons (Fsp3) is 0.0217. The van der Waals surface area contributed by atoms with E-state index in [0.717, 1.165) is 72.6 Å². The van der Waals surface area contributed by atoms with E-state index in [1.54, 1.807) is 0 Å². The molecule has 10 rings (SSSR count). The molecule has 50 heavy (non-hydrogen) atoms. The first-order valence-corrected chi connectivity index (χ1v) is 17.0. The van der Waals surface area contributed by atoms with Crippen LogP contribution in [0.1, 0.15) is 17.2 Å². The van der Waals surface area contributed by atoms with E-state index in [-0.39, 0.29) is 6.04 Å². The van der Waals surface area contributed by atoms with Crippen molar-refractivity contribution in [3.63, 3.8) is 0 Å². The largest absolute Gasteiger partial charge is 0.455 e. The molecule has 8 aromatic carbocycles. The number of guanidine groups is 1. The van der Waals surface area contributed by atoms with Crippen LogP contribution in [0.4, 0.5) is 17.1 Å². The third-order valence-corrected chi connectivity index (χ3v) is 9.83. The lowest BCUT2D eigenvalue weighted by molar-refractivity contribution is 0.670. The van der Waals surface area contributed by atoms with Crippen molar-refractivity contribution in [3.8, 4) is 11.1 Å². The molecular formula is C46H31N3O. The van der Waals surface area contributed by atoms with Crippen molar-refractivity contribution >= 4 is 66.5 Å². The molecule has 4 heteroatoms. The molecule has 1 atom stereocenters. The first-order valence-electron chi connectivity index (χ1n) is 17.0. The van der Waals surface area contributed by atoms with Crippen molar-refractivity contribution < 1.29 is 4.42 Å². The number of anilines is 3. The Hall–Kier alpha value is -6.65. The van der Waals surface area contributed by atoms with Crippen LogP contribution in [-0.4, -0.2) is 5.96 Å². The highest BCUT2D eigenvalue weighted by atomic mass is 16.3. The summed E-state index contributed by atoms with van der Waals surface area (Å²) < 4.78 is 6.71. The number of fused-ring (bicyclic) bond motifs is 6. The molecule has 2 heterocycles. The van der Waals surface area contributed by atoms with Crippen molar-refractivity contribution in [3.05, 3.63) is 187 Å². The summed E-state index contributed by atoms with van der Waals surface area (Å²) in [6, 6.07) is 61.8. The number of hydrogen-bond donors (Lipinski definition) is 1. The van der Waals surface area contributed by atoms with Crippen LogP contribution in [0.5, 0.6) is 0 Å². The van der Waals surface area contributed by atoms with Crippen molar-refractivity contribution in [1.82, 2.24) is 0 Å². The standard InChI is InChI=1S/C46H31N3O/c1-3-14-31(15-4-1)39-27-35(28-41-40-26-33-17-9-10-18-34(33)29-43(40)50-45(39)41)44-38-21-11-12-22-42(38)47-46(48-44)49(36-19-5-2-6-20-36)37-24-23-30-13-7-8-16-32(30)25-37/h1-29,44H,(H,47,48). The van der Waals surface area contributed by atoms with Gasteiger partial charge in [-0.2, -0.15) is 0 Å². The van der Waals surface area contributed by atoms with E-state index in [1.165, 1.54) is 16.2 Å². The first-order chi connectivity index (χ1) is 24.8. The summed E-state index contributed by atoms with van der Waals surface area (Å²) >= 11 is 0. The zero-order valence-electron chi connectivity index (χ0n) is 27.1. The third kappa shape index (κ3) is 4.73. The fourth-order valence-electron chi connectivity index (χ4n) is 7.42. The highest BCUT2D eigenvalue weighted by molar-refractivity contribution is 6.15. The lowest BCUT2D eigenvalue weighted by atomic mass is 9.91. The summed E-state index contributed by atoms with van der Waals surface area (Å²) in [5.41, 5.74) is 9.26. The van der Waals surface area contributed by atoms with Gasteiger partial charge >= 0.3 is 0 Å². The summed E-state index contributed by atoms with van der Waals surface area (Å²) in [6.45, 7) is 0. The second kappa shape index (κ2) is 11.5. The maximum absolute atomic E-state index is 6.71. The van der Waals surface area contributed by atoms with E-state index in [1.807, 2.05) is 0 Å². The summed E-state index contributed by atoms with van der Waals surface area (Å²) in [7, 11) is 0. The van der Waals surface area contributed by atoms with Gasteiger partial charge in [0.1, 0.15) is 17.2 Å². The number of benzene rings is 8. The smallest absolute Gasteiger partial charge is 0.208 e. The van der Waals surface area contributed by atoms with Crippen LogP contribution in [0.3, 0.4) is 0 Å². The lowest BCUT2D eigenvalue weighted by Gasteiger charge is -2.33. The Morgan fingerprint density at radius 1 is 0.520 bits per heavy atom. The van der Waals surface area contributed by atoms with Crippen LogP contribution in [0.2, 0.25) is 0 Å². The molecule has 0 fully saturated rings. The average molecular weight is 642 g/mol. The van der Waals surface area contributed by atoms with Gasteiger partial charge in [0.05, 0.1) is 0 Å². The Morgan fingerprint density at radius 3 is 1.98 bits per heavy atom. The zero-order valence-corrected chi connectivity index (χ0v) is 27.1. The summed E-state index contributed by atoms with van der Waals surface area (Å²) in [5, 5.41) is 10.7. The molecule has 0 aliphatic carbocycles. The summed E-state index contributed by atoms with van der Waals surface area (Å²) in [4.78, 5) is 7.81. The van der Waals surface area contributed by atoms with Gasteiger partial charge in [-0.1, -0.05) is 121 Å². The minimum absolute atomic E-state index is 0.272. The van der Waals surface area contributed by atoms with Gasteiger partial charge < -0.3 is 9.73 Å². The van der Waals surface area contributed by atoms with Crippen LogP contribution in [-0.2, 0) is 0 Å². The number of nitrogens with one attached hydrogen (secondary N) is 1. The van der Waals surface area contributed by atoms with E-state index in [9.17, 15) is 0 Å². The maximum atomic E-state index is 6.71. The van der Waals surface area contributed by atoms with Crippen LogP contribution in [0, 0.1) is 0 Å². The second-order valence-corrected chi connectivity index (χ2v) is 12.9. The molecule has 1 aliphatic heterocycles. The van der Waals surface area contributed by atoms with Gasteiger partial charge in [0, 0.05) is 39.0 Å². The van der Waals surface area contributed by atoms with Crippen molar-refractivity contribution in [1.29, 1.82) is 0 Å². The quantitative estimate of drug-likeness (QED) is 0.208. The van der Waals surface area contributed by atoms with E-state index in [0.29, 0.717) is 0 Å². The Kier molecular flexibility index (Phi) is 6.53. The average Bonchev–Trinajstić information content (AvgIpc) is 3.54. The molecule has 0 spiro atoms. The Balaban J connectivity index is 1.22. The van der Waals surface area contributed by atoms with E-state index >= 15 is 0 Å². The lowest BCUT2D eigenvalue weighted by Crippen LogP contribution is -2.36. The van der Waals surface area contributed by atoms with Gasteiger partial charge in [-0.25, -0.2) is 4.99 Å². The van der Waals surface area contributed by atoms with E-state index in [4.69, 9.17) is 9.41 Å². The Labute approximate surface area is 289 Å². The van der Waals surface area contributed by atoms with E-state index in [2.05, 4.69) is 186 Å². The minimum Gasteiger partial charge on any atom is -0.455 e. The highest BCUT2D eigenvalue weighted by Crippen LogP contribution is 2.44. The van der Waals surface area contributed by atoms with Gasteiger partial charge in [0.2, 0.25) is 5.96 Å². The van der Waals surface area contributed by atoms with Crippen LogP contribution >= 0.6 is 0 Å². The molecule has 0 bridgehead atoms. The summed E-state index contributed by atoms with van der Waals surface area (Å²) in [6.07, 6.45) is 0. The molecule has 0 amide bonds. The van der Waals surface area contributed by atoms with E-state index < -0.39 is 0 Å². The normalized spacial score (nSPS) is 14.1. The number of para-hydroxylation sites is 2. The topological polar surface area (TPSA) is 40.8 Å². The van der Waals surface area contributed by atoms with Crippen LogP contribution in [0.25, 0.3) is 54.6 Å². The van der Waals surface area contributed by atoms with Crippen LogP contribution < -0.4 is 10.2 Å². The molecule has 9 aromatic rings. The van der Waals surface area contributed by atoms with Crippen molar-refractivity contribution in [2.45, 2.75) is 6.04 Å². The van der Waals surface area contributed by atoms with Gasteiger partial charge in [-0.3, -0.25) is 4.90 Å². The Morgan fingerprint density at radius 2 is 1.18 bits per heavy atom. The molecule has 4 nitrogen and oxygen atoms in total. The van der Waals surface area contributed by atoms with Gasteiger partial charge in [0.15, 0.2) is 0 Å². The third-order valence-electron chi connectivity index (χ3n) is 9.83. The number of nitrogens with zero attached hydrogens (tertiary/aromatic N) is 2. The molecule has 0 saturated carbocycles. The molecule has 236 valence electrons. The molecule has 1 N–H and O–H groups in total. The molecule has 1 aliphatic rings. The highest BCUT2D eigenvalue weighted by Gasteiger charge is 2.29. The molecule has 0 radical (unpaired) electrons.